The molecule has 0 radical (unpaired) electrons. The van der Waals surface area contributed by atoms with Crippen LogP contribution in [0.4, 0.5) is 0 Å². The molecule has 1 N–H and O–H groups in total. The second-order valence-corrected chi connectivity index (χ2v) is 4.29. The predicted octanol–water partition coefficient (Wildman–Crippen LogP) is 1.62. The van der Waals surface area contributed by atoms with Crippen LogP contribution in [0.2, 0.25) is 0 Å². The van der Waals surface area contributed by atoms with Crippen LogP contribution in [0, 0.1) is 13.8 Å². The maximum atomic E-state index is 11.8. The normalized spacial score (nSPS) is 10.2. The van der Waals surface area contributed by atoms with Crippen molar-refractivity contribution in [3.05, 3.63) is 28.8 Å². The van der Waals surface area contributed by atoms with Crippen molar-refractivity contribution in [2.24, 2.45) is 0 Å². The van der Waals surface area contributed by atoms with Gasteiger partial charge in [0.15, 0.2) is 0 Å². The lowest BCUT2D eigenvalue weighted by molar-refractivity contribution is -0.120. The molecule has 1 amide bonds. The summed E-state index contributed by atoms with van der Waals surface area (Å²) in [6, 6.07) is 4.03. The molecule has 0 aliphatic heterocycles. The zero-order valence-electron chi connectivity index (χ0n) is 11.5. The molecule has 0 saturated heterocycles. The molecule has 0 aliphatic carbocycles. The molecule has 0 unspecified atom stereocenters. The van der Waals surface area contributed by atoms with Crippen LogP contribution in [0.5, 0.6) is 5.75 Å². The van der Waals surface area contributed by atoms with Crippen LogP contribution in [0.1, 0.15) is 16.7 Å². The Labute approximate surface area is 108 Å². The number of ether oxygens (including phenoxy) is 2. The third-order valence-electron chi connectivity index (χ3n) is 2.68. The highest BCUT2D eigenvalue weighted by atomic mass is 16.5. The highest BCUT2D eigenvalue weighted by molar-refractivity contribution is 5.79. The molecule has 0 bridgehead atoms. The van der Waals surface area contributed by atoms with Crippen LogP contribution in [0.15, 0.2) is 12.1 Å². The molecule has 0 atom stereocenters. The van der Waals surface area contributed by atoms with Crippen LogP contribution in [-0.2, 0) is 16.0 Å². The zero-order chi connectivity index (χ0) is 13.5. The van der Waals surface area contributed by atoms with Crippen LogP contribution < -0.4 is 10.1 Å². The summed E-state index contributed by atoms with van der Waals surface area (Å²) < 4.78 is 10.2. The first-order chi connectivity index (χ1) is 8.58. The molecular formula is C14H21NO3. The van der Waals surface area contributed by atoms with Crippen molar-refractivity contribution in [1.82, 2.24) is 5.32 Å². The number of rotatable bonds is 6. The van der Waals surface area contributed by atoms with E-state index >= 15 is 0 Å². The van der Waals surface area contributed by atoms with E-state index in [0.29, 0.717) is 19.6 Å². The van der Waals surface area contributed by atoms with E-state index in [0.717, 1.165) is 22.4 Å². The predicted molar refractivity (Wildman–Crippen MR) is 71.1 cm³/mol. The van der Waals surface area contributed by atoms with E-state index in [-0.39, 0.29) is 5.91 Å². The van der Waals surface area contributed by atoms with E-state index in [2.05, 4.69) is 5.32 Å². The number of aryl methyl sites for hydroxylation is 2. The summed E-state index contributed by atoms with van der Waals surface area (Å²) in [7, 11) is 3.24. The van der Waals surface area contributed by atoms with Gasteiger partial charge in [-0.2, -0.15) is 0 Å². The van der Waals surface area contributed by atoms with E-state index in [1.165, 1.54) is 0 Å². The maximum absolute atomic E-state index is 11.8. The molecule has 4 nitrogen and oxygen atoms in total. The summed E-state index contributed by atoms with van der Waals surface area (Å²) >= 11 is 0. The number of nitrogens with one attached hydrogen (secondary N) is 1. The van der Waals surface area contributed by atoms with E-state index in [4.69, 9.17) is 9.47 Å². The van der Waals surface area contributed by atoms with Crippen molar-refractivity contribution in [2.45, 2.75) is 20.3 Å². The maximum Gasteiger partial charge on any atom is 0.224 e. The van der Waals surface area contributed by atoms with Crippen LogP contribution >= 0.6 is 0 Å². The molecule has 4 heteroatoms. The van der Waals surface area contributed by atoms with Gasteiger partial charge in [-0.1, -0.05) is 17.7 Å². The summed E-state index contributed by atoms with van der Waals surface area (Å²) in [5.74, 6) is 0.776. The van der Waals surface area contributed by atoms with Gasteiger partial charge in [0.05, 0.1) is 20.1 Å². The number of carbonyl (C=O) groups is 1. The van der Waals surface area contributed by atoms with Crippen molar-refractivity contribution >= 4 is 5.91 Å². The van der Waals surface area contributed by atoms with E-state index < -0.39 is 0 Å². The van der Waals surface area contributed by atoms with E-state index in [1.54, 1.807) is 14.2 Å². The van der Waals surface area contributed by atoms with Crippen molar-refractivity contribution in [2.75, 3.05) is 27.4 Å². The lowest BCUT2D eigenvalue weighted by atomic mass is 10.0. The Morgan fingerprint density at radius 2 is 2.00 bits per heavy atom. The first-order valence-corrected chi connectivity index (χ1v) is 5.98. The molecular weight excluding hydrogens is 230 g/mol. The van der Waals surface area contributed by atoms with Crippen LogP contribution in [0.3, 0.4) is 0 Å². The van der Waals surface area contributed by atoms with Crippen molar-refractivity contribution < 1.29 is 14.3 Å². The Morgan fingerprint density at radius 1 is 1.28 bits per heavy atom. The van der Waals surface area contributed by atoms with E-state index in [9.17, 15) is 4.79 Å². The Bertz CT molecular complexity index is 416. The quantitative estimate of drug-likeness (QED) is 0.781. The number of hydrogen-bond donors (Lipinski definition) is 1. The molecule has 0 saturated carbocycles. The van der Waals surface area contributed by atoms with Gasteiger partial charge in [-0.3, -0.25) is 4.79 Å². The first kappa shape index (κ1) is 14.5. The number of methoxy groups -OCH3 is 2. The molecule has 1 aromatic carbocycles. The van der Waals surface area contributed by atoms with Crippen molar-refractivity contribution in [1.29, 1.82) is 0 Å². The molecule has 0 aliphatic rings. The summed E-state index contributed by atoms with van der Waals surface area (Å²) in [4.78, 5) is 11.8. The van der Waals surface area contributed by atoms with Crippen LogP contribution in [0.25, 0.3) is 0 Å². The van der Waals surface area contributed by atoms with Gasteiger partial charge < -0.3 is 14.8 Å². The molecule has 1 aromatic rings. The van der Waals surface area contributed by atoms with Crippen LogP contribution in [-0.4, -0.2) is 33.3 Å². The zero-order valence-corrected chi connectivity index (χ0v) is 11.5. The molecule has 0 heterocycles. The third kappa shape index (κ3) is 4.04. The number of benzene rings is 1. The smallest absolute Gasteiger partial charge is 0.224 e. The Hall–Kier alpha value is -1.55. The van der Waals surface area contributed by atoms with Gasteiger partial charge in [-0.15, -0.1) is 0 Å². The fourth-order valence-corrected chi connectivity index (χ4v) is 1.99. The standard InChI is InChI=1S/C14H21NO3/c1-10-7-11(2)14(18-4)12(8-10)9-13(16)15-5-6-17-3/h7-8H,5-6,9H2,1-4H3,(H,15,16). The van der Waals surface area contributed by atoms with Gasteiger partial charge in [0.25, 0.3) is 0 Å². The summed E-state index contributed by atoms with van der Waals surface area (Å²) in [5.41, 5.74) is 3.11. The average molecular weight is 251 g/mol. The second-order valence-electron chi connectivity index (χ2n) is 4.29. The summed E-state index contributed by atoms with van der Waals surface area (Å²) in [6.45, 7) is 5.05. The van der Waals surface area contributed by atoms with E-state index in [1.807, 2.05) is 26.0 Å². The van der Waals surface area contributed by atoms with Gasteiger partial charge in [0.1, 0.15) is 5.75 Å². The monoisotopic (exact) mass is 251 g/mol. The minimum atomic E-state index is -0.0182. The Balaban J connectivity index is 2.74. The Kier molecular flexibility index (Phi) is 5.65. The second kappa shape index (κ2) is 7.01. The number of hydrogen-bond acceptors (Lipinski definition) is 3. The molecule has 0 spiro atoms. The number of amides is 1. The van der Waals surface area contributed by atoms with Crippen molar-refractivity contribution in [3.8, 4) is 5.75 Å². The van der Waals surface area contributed by atoms with Gasteiger partial charge >= 0.3 is 0 Å². The average Bonchev–Trinajstić information content (AvgIpc) is 2.28. The summed E-state index contributed by atoms with van der Waals surface area (Å²) in [5, 5.41) is 2.80. The Morgan fingerprint density at radius 3 is 2.61 bits per heavy atom. The fraction of sp³-hybridized carbons (Fsp3) is 0.500. The molecule has 0 aromatic heterocycles. The molecule has 1 rings (SSSR count). The first-order valence-electron chi connectivity index (χ1n) is 5.98. The highest BCUT2D eigenvalue weighted by Crippen LogP contribution is 2.25. The largest absolute Gasteiger partial charge is 0.496 e. The SMILES string of the molecule is COCCNC(=O)Cc1cc(C)cc(C)c1OC. The number of carbonyl (C=O) groups excluding carboxylic acids is 1. The minimum Gasteiger partial charge on any atom is -0.496 e. The summed E-state index contributed by atoms with van der Waals surface area (Å²) in [6.07, 6.45) is 0.329. The topological polar surface area (TPSA) is 47.6 Å². The van der Waals surface area contributed by atoms with Gasteiger partial charge in [-0.25, -0.2) is 0 Å². The van der Waals surface area contributed by atoms with Gasteiger partial charge in [0.2, 0.25) is 5.91 Å². The van der Waals surface area contributed by atoms with Gasteiger partial charge in [0, 0.05) is 19.2 Å². The fourth-order valence-electron chi connectivity index (χ4n) is 1.99. The molecule has 18 heavy (non-hydrogen) atoms. The lowest BCUT2D eigenvalue weighted by Crippen LogP contribution is -2.28. The highest BCUT2D eigenvalue weighted by Gasteiger charge is 2.11. The molecule has 0 fully saturated rings. The molecule has 100 valence electrons. The minimum absolute atomic E-state index is 0.0182. The van der Waals surface area contributed by atoms with Crippen molar-refractivity contribution in [3.63, 3.8) is 0 Å². The van der Waals surface area contributed by atoms with Gasteiger partial charge in [-0.05, 0) is 19.4 Å². The third-order valence-corrected chi connectivity index (χ3v) is 2.68. The lowest BCUT2D eigenvalue weighted by Gasteiger charge is -2.12.